The fourth-order valence-electron chi connectivity index (χ4n) is 23.7. The minimum Gasteiger partial charge on any atom is -0.497 e. The molecule has 3 unspecified atom stereocenters. The summed E-state index contributed by atoms with van der Waals surface area (Å²) in [7, 11) is 4.69. The van der Waals surface area contributed by atoms with Gasteiger partial charge in [-0.25, -0.2) is 14.3 Å². The number of nitrogens with zero attached hydrogens (tertiary/aromatic N) is 4. The monoisotopic (exact) mass is 1900 g/mol. The molecule has 8 saturated carbocycles. The Bertz CT molecular complexity index is 5510. The molecule has 27 heteroatoms. The van der Waals surface area contributed by atoms with Crippen LogP contribution in [-0.4, -0.2) is 150 Å². The molecule has 12 fully saturated rings. The minimum absolute atomic E-state index is 0. The van der Waals surface area contributed by atoms with Crippen LogP contribution in [-0.2, 0) is 69.5 Å². The van der Waals surface area contributed by atoms with E-state index in [2.05, 4.69) is 131 Å². The van der Waals surface area contributed by atoms with Gasteiger partial charge in [-0.3, -0.25) is 38.3 Å². The molecule has 5 N–H and O–H groups in total. The maximum absolute atomic E-state index is 14.1. The van der Waals surface area contributed by atoms with Gasteiger partial charge in [0.05, 0.1) is 73.8 Å². The van der Waals surface area contributed by atoms with E-state index in [4.69, 9.17) is 46.9 Å². The Morgan fingerprint density at radius 3 is 1.23 bits per heavy atom. The molecule has 2 aromatic heterocycles. The molecular formula is C99H111N8O17PW. The average molecular weight is 1900 g/mol. The number of hydrogen-bond acceptors (Lipinski definition) is 19. The number of nitrogens with one attached hydrogen (secondary N) is 4. The first kappa shape index (κ1) is 89.6. The summed E-state index contributed by atoms with van der Waals surface area (Å²) in [6.07, 6.45) is 10.7. The third-order valence-electron chi connectivity index (χ3n) is 28.5. The van der Waals surface area contributed by atoms with Gasteiger partial charge in [0.25, 0.3) is 19.6 Å². The van der Waals surface area contributed by atoms with Gasteiger partial charge < -0.3 is 62.7 Å². The average Bonchev–Trinajstić information content (AvgIpc) is 1.53. The van der Waals surface area contributed by atoms with Crippen molar-refractivity contribution in [3.8, 4) is 52.7 Å². The standard InChI is InChI=1S/C54H64N5O9P.C45H47N3O8.W/c1-35(2)59(36(3)4)69(66-25-11-23-55)68-47-46-49(58-32-40(48(60)57-51(58)62)12-10-24-56-50(61)52-29-37-26-38(30-52)28-39(27-37)31-52)67-53(47,34-65-46)33-54(41-13-8-7-9-14-41,42-15-19-44(63-5)20-16-42)43-17-21-45(64-6)22-18-43;1-53-35-14-10-33(11-15-35)45(32-8-4-3-5-9-32,34-12-16-36(54-2)17-13-34)26-44-27-55-37(38(44)49)40(56-44)48-25-31(39(50)47-42(48)52)7-6-18-46-41(51)43-22-28-19-29(23-43)21-30(20-28)24-43;/h7-9,13-22,32,35-39,46-47,49H,11,24-31,33-34H2,1-6H3,(H,56,61)(H,57,60,62);3-5,8-17,25,28-30,37-38,40,49H,18-24,26-27H2,1-2H3,(H,46,51)(H,47,50,52);/t37?,38?,39?,46-,47?,49+,52?,53-,69?;28?,29?,30?,37-,38?,40+,43?,44-;/m00./s1. The van der Waals surface area contributed by atoms with Gasteiger partial charge in [0.1, 0.15) is 69.7 Å². The predicted octanol–water partition coefficient (Wildman–Crippen LogP) is 12.7. The number of aliphatic hydroxyl groups excluding tert-OH is 1. The van der Waals surface area contributed by atoms with E-state index < -0.39 is 89.9 Å². The zero-order valence-electron chi connectivity index (χ0n) is 72.5. The number of aromatic nitrogens is 4. The van der Waals surface area contributed by atoms with Crippen molar-refractivity contribution in [1.82, 2.24) is 34.4 Å². The van der Waals surface area contributed by atoms with E-state index in [1.54, 1.807) is 28.4 Å². The summed E-state index contributed by atoms with van der Waals surface area (Å²) in [5.41, 5.74) is -1.90. The number of fused-ring (bicyclic) bond motifs is 4. The summed E-state index contributed by atoms with van der Waals surface area (Å²) < 4.78 is 68.1. The van der Waals surface area contributed by atoms with Gasteiger partial charge in [-0.15, -0.1) is 0 Å². The maximum Gasteiger partial charge on any atom is 0.330 e. The van der Waals surface area contributed by atoms with Crippen LogP contribution in [0.3, 0.4) is 0 Å². The van der Waals surface area contributed by atoms with Gasteiger partial charge in [0.2, 0.25) is 11.8 Å². The fourth-order valence-corrected chi connectivity index (χ4v) is 25.6. The van der Waals surface area contributed by atoms with Crippen LogP contribution in [0.1, 0.15) is 181 Å². The smallest absolute Gasteiger partial charge is 0.330 e. The molecule has 4 aliphatic heterocycles. The molecule has 6 heterocycles. The summed E-state index contributed by atoms with van der Waals surface area (Å²) >= 11 is 0. The second kappa shape index (κ2) is 37.1. The predicted molar refractivity (Wildman–Crippen MR) is 469 cm³/mol. The first-order chi connectivity index (χ1) is 60.5. The van der Waals surface area contributed by atoms with Crippen molar-refractivity contribution in [3.05, 3.63) is 256 Å². The molecule has 12 aliphatic rings. The quantitative estimate of drug-likeness (QED) is 0.0132. The number of rotatable bonds is 28. The number of H-pyrrole nitrogens is 2. The Morgan fingerprint density at radius 1 is 0.524 bits per heavy atom. The number of aromatic amines is 2. The summed E-state index contributed by atoms with van der Waals surface area (Å²) in [6.45, 7) is 8.77. The molecule has 2 amide bonds. The second-order valence-electron chi connectivity index (χ2n) is 36.8. The zero-order chi connectivity index (χ0) is 87.2. The number of carbonyl (C=O) groups is 2. The van der Waals surface area contributed by atoms with Crippen LogP contribution in [0, 0.1) is 81.4 Å². The van der Waals surface area contributed by atoms with Crippen molar-refractivity contribution >= 4 is 20.3 Å². The summed E-state index contributed by atoms with van der Waals surface area (Å²) in [5, 5.41) is 27.7. The molecule has 8 aliphatic carbocycles. The van der Waals surface area contributed by atoms with E-state index in [1.165, 1.54) is 60.1 Å². The van der Waals surface area contributed by atoms with E-state index in [0.29, 0.717) is 58.5 Å². The Kier molecular flexibility index (Phi) is 26.4. The Balaban J connectivity index is 0.000000188. The van der Waals surface area contributed by atoms with E-state index in [0.717, 1.165) is 71.9 Å². The van der Waals surface area contributed by atoms with Gasteiger partial charge in [-0.1, -0.05) is 133 Å². The molecule has 25 nitrogen and oxygen atoms in total. The number of hydrogen-bond donors (Lipinski definition) is 5. The first-order valence-electron chi connectivity index (χ1n) is 43.9. The molecule has 0 spiro atoms. The van der Waals surface area contributed by atoms with Gasteiger partial charge >= 0.3 is 11.4 Å². The van der Waals surface area contributed by atoms with E-state index in [1.807, 2.05) is 109 Å². The van der Waals surface area contributed by atoms with Crippen LogP contribution in [0.5, 0.6) is 23.0 Å². The van der Waals surface area contributed by atoms with Crippen LogP contribution in [0.25, 0.3) is 0 Å². The Labute approximate surface area is 749 Å². The molecule has 126 heavy (non-hydrogen) atoms. The van der Waals surface area contributed by atoms with Crippen molar-refractivity contribution in [2.75, 3.05) is 61.3 Å². The molecule has 20 rings (SSSR count). The summed E-state index contributed by atoms with van der Waals surface area (Å²) in [4.78, 5) is 86.0. The van der Waals surface area contributed by atoms with Gasteiger partial charge in [0, 0.05) is 67.2 Å². The molecule has 12 bridgehead atoms. The first-order valence-corrected chi connectivity index (χ1v) is 45.1. The third kappa shape index (κ3) is 17.0. The van der Waals surface area contributed by atoms with E-state index in [9.17, 15) is 39.1 Å². The van der Waals surface area contributed by atoms with Gasteiger partial charge in [0.15, 0.2) is 12.5 Å². The number of amides is 2. The van der Waals surface area contributed by atoms with Crippen LogP contribution in [0.4, 0.5) is 0 Å². The largest absolute Gasteiger partial charge is 0.497 e. The van der Waals surface area contributed by atoms with E-state index in [-0.39, 0.29) is 119 Å². The molecule has 0 radical (unpaired) electrons. The third-order valence-corrected chi connectivity index (χ3v) is 30.6. The van der Waals surface area contributed by atoms with Crippen molar-refractivity contribution in [2.24, 2.45) is 46.3 Å². The van der Waals surface area contributed by atoms with Crippen molar-refractivity contribution in [1.29, 1.82) is 5.26 Å². The van der Waals surface area contributed by atoms with Crippen molar-refractivity contribution in [2.45, 2.75) is 195 Å². The molecule has 8 aromatic rings. The Hall–Kier alpha value is -9.77. The van der Waals surface area contributed by atoms with Crippen molar-refractivity contribution < 1.29 is 82.7 Å². The van der Waals surface area contributed by atoms with Gasteiger partial charge in [-0.2, -0.15) is 5.26 Å². The maximum atomic E-state index is 14.1. The summed E-state index contributed by atoms with van der Waals surface area (Å²) in [6, 6.07) is 54.1. The Morgan fingerprint density at radius 2 is 0.865 bits per heavy atom. The number of ether oxygens (including phenoxy) is 8. The number of methoxy groups -OCH3 is 4. The summed E-state index contributed by atoms with van der Waals surface area (Å²) in [5.74, 6) is 18.5. The minimum atomic E-state index is -1.83. The topological polar surface area (TPSA) is 307 Å². The van der Waals surface area contributed by atoms with Gasteiger partial charge in [-0.05, 0) is 235 Å². The normalized spacial score (nSPS) is 28.0. The zero-order valence-corrected chi connectivity index (χ0v) is 76.3. The number of benzene rings is 6. The van der Waals surface area contributed by atoms with Crippen LogP contribution < -0.4 is 52.1 Å². The van der Waals surface area contributed by atoms with Crippen LogP contribution in [0.15, 0.2) is 189 Å². The number of nitriles is 1. The van der Waals surface area contributed by atoms with Crippen molar-refractivity contribution in [3.63, 3.8) is 0 Å². The SMILES string of the molecule is COc1ccc(C(C[C@]23CO[C@@H](C2O)[C@H](n2cc(C#CCNC(=O)C45CC6CC(CC(C6)C4)C5)c(=O)[nH]c2=O)O3)(c2ccccc2)c2ccc(OC)cc2)cc1.COc1ccc(C(C[C@]23CO[C@@H](C2OP(OCCC#N)N(C(C)C)C(C)C)[C@H](n2cc(C#CCNC(=O)C45CC6CC(CC(C6)C4)C5)c(=O)[nH]c2=O)O3)(c2ccccc2)c2ccc(OC)cc2)cc1.[W]. The molecule has 6 aromatic carbocycles. The molecule has 660 valence electrons. The van der Waals surface area contributed by atoms with Crippen LogP contribution in [0.2, 0.25) is 0 Å². The molecular weight excluding hydrogens is 1790 g/mol. The van der Waals surface area contributed by atoms with E-state index >= 15 is 0 Å². The number of aliphatic hydroxyl groups is 1. The molecule has 4 saturated heterocycles. The number of carbonyl (C=O) groups excluding carboxylic acids is 2. The fraction of sp³-hybridized carbons (Fsp3) is 0.485. The molecule has 9 atom stereocenters. The van der Waals surface area contributed by atoms with Crippen LogP contribution >= 0.6 is 8.53 Å². The second-order valence-corrected chi connectivity index (χ2v) is 38.2.